The smallest absolute Gasteiger partial charge is 0.249 e. The van der Waals surface area contributed by atoms with Crippen LogP contribution in [0.15, 0.2) is 11.3 Å². The number of aromatic hydroxyl groups is 1. The van der Waals surface area contributed by atoms with Crippen molar-refractivity contribution in [2.24, 2.45) is 5.10 Å². The summed E-state index contributed by atoms with van der Waals surface area (Å²) in [6.45, 7) is 0.739. The maximum atomic E-state index is 9.21. The molecule has 0 aliphatic carbocycles. The van der Waals surface area contributed by atoms with Crippen molar-refractivity contribution in [2.45, 2.75) is 6.42 Å². The summed E-state index contributed by atoms with van der Waals surface area (Å²) < 4.78 is 0. The first-order valence-corrected chi connectivity index (χ1v) is 3.89. The molecule has 1 aromatic rings. The highest BCUT2D eigenvalue weighted by atomic mass is 16.3. The molecule has 0 radical (unpaired) electrons. The van der Waals surface area contributed by atoms with Gasteiger partial charge >= 0.3 is 0 Å². The Morgan fingerprint density at radius 3 is 3.00 bits per heavy atom. The van der Waals surface area contributed by atoms with Gasteiger partial charge in [-0.2, -0.15) is 10.1 Å². The van der Waals surface area contributed by atoms with E-state index in [1.165, 1.54) is 6.20 Å². The van der Waals surface area contributed by atoms with Crippen molar-refractivity contribution in [2.75, 3.05) is 17.3 Å². The third kappa shape index (κ3) is 1.37. The van der Waals surface area contributed by atoms with Crippen molar-refractivity contribution in [3.05, 3.63) is 6.20 Å². The molecule has 1 aliphatic heterocycles. The van der Waals surface area contributed by atoms with E-state index in [2.05, 4.69) is 15.1 Å². The van der Waals surface area contributed by atoms with Crippen LogP contribution in [0.5, 0.6) is 5.88 Å². The van der Waals surface area contributed by atoms with E-state index in [1.54, 1.807) is 11.2 Å². The lowest BCUT2D eigenvalue weighted by molar-refractivity contribution is 0.454. The Morgan fingerprint density at radius 2 is 2.38 bits per heavy atom. The first-order valence-electron chi connectivity index (χ1n) is 3.89. The number of nitrogens with zero attached hydrogens (tertiary/aromatic N) is 4. The lowest BCUT2D eigenvalue weighted by Crippen LogP contribution is -2.15. The van der Waals surface area contributed by atoms with Gasteiger partial charge in [-0.1, -0.05) is 0 Å². The lowest BCUT2D eigenvalue weighted by atomic mass is 10.5. The van der Waals surface area contributed by atoms with Crippen molar-refractivity contribution in [3.8, 4) is 5.88 Å². The van der Waals surface area contributed by atoms with Crippen LogP contribution in [-0.4, -0.2) is 27.8 Å². The summed E-state index contributed by atoms with van der Waals surface area (Å²) in [6, 6.07) is 0. The van der Waals surface area contributed by atoms with Gasteiger partial charge in [-0.05, 0) is 0 Å². The van der Waals surface area contributed by atoms with Gasteiger partial charge < -0.3 is 10.8 Å². The predicted molar refractivity (Wildman–Crippen MR) is 48.6 cm³/mol. The van der Waals surface area contributed by atoms with Crippen LogP contribution in [0.25, 0.3) is 0 Å². The third-order valence-electron chi connectivity index (χ3n) is 1.71. The summed E-state index contributed by atoms with van der Waals surface area (Å²) in [5.74, 6) is 0.174. The third-order valence-corrected chi connectivity index (χ3v) is 1.71. The fourth-order valence-corrected chi connectivity index (χ4v) is 1.04. The Hall–Kier alpha value is -1.85. The summed E-state index contributed by atoms with van der Waals surface area (Å²) >= 11 is 0. The van der Waals surface area contributed by atoms with Gasteiger partial charge in [0.15, 0.2) is 0 Å². The second-order valence-corrected chi connectivity index (χ2v) is 2.66. The van der Waals surface area contributed by atoms with Gasteiger partial charge in [0.05, 0.1) is 6.20 Å². The van der Waals surface area contributed by atoms with Crippen LogP contribution < -0.4 is 10.7 Å². The van der Waals surface area contributed by atoms with Crippen molar-refractivity contribution < 1.29 is 5.11 Å². The van der Waals surface area contributed by atoms with Gasteiger partial charge in [-0.3, -0.25) is 0 Å². The number of rotatable bonds is 1. The molecule has 6 heteroatoms. The number of nitrogen functional groups attached to an aromatic ring is 1. The summed E-state index contributed by atoms with van der Waals surface area (Å²) in [5, 5.41) is 14.8. The molecule has 13 heavy (non-hydrogen) atoms. The van der Waals surface area contributed by atoms with E-state index in [1.807, 2.05) is 0 Å². The fraction of sp³-hybridized carbons (Fsp3) is 0.286. The number of anilines is 2. The van der Waals surface area contributed by atoms with Gasteiger partial charge in [0, 0.05) is 19.2 Å². The van der Waals surface area contributed by atoms with Crippen LogP contribution in [0.2, 0.25) is 0 Å². The molecule has 0 amide bonds. The monoisotopic (exact) mass is 179 g/mol. The Kier molecular flexibility index (Phi) is 1.73. The van der Waals surface area contributed by atoms with E-state index in [0.717, 1.165) is 13.0 Å². The Morgan fingerprint density at radius 1 is 1.54 bits per heavy atom. The van der Waals surface area contributed by atoms with Gasteiger partial charge in [0.1, 0.15) is 5.69 Å². The summed E-state index contributed by atoms with van der Waals surface area (Å²) in [5.41, 5.74) is 5.53. The zero-order valence-corrected chi connectivity index (χ0v) is 6.88. The molecule has 0 fully saturated rings. The van der Waals surface area contributed by atoms with Gasteiger partial charge in [0.2, 0.25) is 11.8 Å². The number of aromatic nitrogens is 2. The average Bonchev–Trinajstić information content (AvgIpc) is 2.62. The molecule has 2 heterocycles. The van der Waals surface area contributed by atoms with Crippen molar-refractivity contribution in [1.29, 1.82) is 0 Å². The van der Waals surface area contributed by atoms with E-state index in [0.29, 0.717) is 5.95 Å². The van der Waals surface area contributed by atoms with Crippen LogP contribution in [0.3, 0.4) is 0 Å². The van der Waals surface area contributed by atoms with Gasteiger partial charge in [-0.25, -0.2) is 9.99 Å². The minimum absolute atomic E-state index is 0.173. The normalized spacial score (nSPS) is 15.2. The molecular formula is C7H9N5O. The first kappa shape index (κ1) is 7.78. The topological polar surface area (TPSA) is 87.6 Å². The van der Waals surface area contributed by atoms with Crippen LogP contribution in [0.4, 0.5) is 11.6 Å². The lowest BCUT2D eigenvalue weighted by Gasteiger charge is -2.10. The highest BCUT2D eigenvalue weighted by Crippen LogP contribution is 2.19. The van der Waals surface area contributed by atoms with E-state index in [-0.39, 0.29) is 11.6 Å². The van der Waals surface area contributed by atoms with Crippen LogP contribution in [-0.2, 0) is 0 Å². The van der Waals surface area contributed by atoms with E-state index in [9.17, 15) is 5.11 Å². The van der Waals surface area contributed by atoms with Gasteiger partial charge in [0.25, 0.3) is 0 Å². The Labute approximate surface area is 74.7 Å². The maximum Gasteiger partial charge on any atom is 0.249 e. The average molecular weight is 179 g/mol. The molecule has 0 unspecified atom stereocenters. The molecule has 0 atom stereocenters. The van der Waals surface area contributed by atoms with E-state index < -0.39 is 0 Å². The molecule has 2 rings (SSSR count). The van der Waals surface area contributed by atoms with Crippen LogP contribution in [0.1, 0.15) is 6.42 Å². The molecule has 1 aliphatic rings. The van der Waals surface area contributed by atoms with Crippen molar-refractivity contribution in [1.82, 2.24) is 9.97 Å². The molecule has 0 saturated carbocycles. The quantitative estimate of drug-likeness (QED) is 0.631. The molecule has 1 aromatic heterocycles. The Balaban J connectivity index is 2.30. The number of hydrogen-bond acceptors (Lipinski definition) is 6. The summed E-state index contributed by atoms with van der Waals surface area (Å²) in [6.07, 6.45) is 4.01. The second-order valence-electron chi connectivity index (χ2n) is 2.66. The largest absolute Gasteiger partial charge is 0.492 e. The number of nitrogens with two attached hydrogens (primary N) is 1. The van der Waals surface area contributed by atoms with Crippen LogP contribution >= 0.6 is 0 Å². The minimum Gasteiger partial charge on any atom is -0.492 e. The minimum atomic E-state index is -0.202. The van der Waals surface area contributed by atoms with E-state index in [4.69, 9.17) is 5.73 Å². The molecule has 68 valence electrons. The molecule has 0 bridgehead atoms. The van der Waals surface area contributed by atoms with Crippen LogP contribution in [0, 0.1) is 0 Å². The SMILES string of the molecule is Nc1cnc(N2CCC=N2)nc1O. The zero-order chi connectivity index (χ0) is 9.26. The summed E-state index contributed by atoms with van der Waals surface area (Å²) in [4.78, 5) is 7.72. The number of hydrogen-bond donors (Lipinski definition) is 2. The highest BCUT2D eigenvalue weighted by Gasteiger charge is 2.12. The highest BCUT2D eigenvalue weighted by molar-refractivity contribution is 5.63. The molecule has 0 spiro atoms. The maximum absolute atomic E-state index is 9.21. The van der Waals surface area contributed by atoms with Gasteiger partial charge in [-0.15, -0.1) is 0 Å². The molecule has 6 nitrogen and oxygen atoms in total. The molecular weight excluding hydrogens is 170 g/mol. The Bertz CT molecular complexity index is 351. The van der Waals surface area contributed by atoms with E-state index >= 15 is 0 Å². The van der Waals surface area contributed by atoms with Crippen molar-refractivity contribution in [3.63, 3.8) is 0 Å². The summed E-state index contributed by atoms with van der Waals surface area (Å²) in [7, 11) is 0. The van der Waals surface area contributed by atoms with Crippen molar-refractivity contribution >= 4 is 17.9 Å². The molecule has 0 saturated heterocycles. The standard InChI is InChI=1S/C7H9N5O/c8-5-4-9-7(11-6(5)13)12-3-1-2-10-12/h2,4H,1,3,8H2,(H,9,11,13). The predicted octanol–water partition coefficient (Wildman–Crippen LogP) is -0.0397. The number of hydrazone groups is 1. The second kappa shape index (κ2) is 2.89. The first-order chi connectivity index (χ1) is 6.27. The zero-order valence-electron chi connectivity index (χ0n) is 6.88. The molecule has 3 N–H and O–H groups in total. The molecule has 0 aromatic carbocycles. The fourth-order valence-electron chi connectivity index (χ4n) is 1.04.